The molecule has 0 fully saturated rings. The van der Waals surface area contributed by atoms with Gasteiger partial charge in [0, 0.05) is 29.1 Å². The van der Waals surface area contributed by atoms with Crippen LogP contribution in [0.1, 0.15) is 11.3 Å². The third kappa shape index (κ3) is 4.39. The van der Waals surface area contributed by atoms with E-state index >= 15 is 0 Å². The van der Waals surface area contributed by atoms with Crippen LogP contribution in [0.4, 0.5) is 5.69 Å². The van der Waals surface area contributed by atoms with Crippen LogP contribution >= 0.6 is 23.2 Å². The fraction of sp³-hybridized carbons (Fsp3) is 0.0833. The number of methoxy groups -OCH3 is 1. The molecular weight excluding hydrogens is 507 g/mol. The van der Waals surface area contributed by atoms with Crippen LogP contribution in [0.25, 0.3) is 22.9 Å². The van der Waals surface area contributed by atoms with Gasteiger partial charge in [-0.1, -0.05) is 35.3 Å². The minimum absolute atomic E-state index is 0.0822. The molecule has 5 rings (SSSR count). The lowest BCUT2D eigenvalue weighted by atomic mass is 10.1. The maximum absolute atomic E-state index is 13.0. The topological polar surface area (TPSA) is 117 Å². The summed E-state index contributed by atoms with van der Waals surface area (Å²) in [7, 11) is 1.58. The van der Waals surface area contributed by atoms with Gasteiger partial charge in [0.2, 0.25) is 0 Å². The second-order valence-corrected chi connectivity index (χ2v) is 8.58. The average Bonchev–Trinajstić information content (AvgIpc) is 3.22. The van der Waals surface area contributed by atoms with Crippen molar-refractivity contribution < 1.29 is 9.66 Å². The van der Waals surface area contributed by atoms with Crippen LogP contribution in [0.3, 0.4) is 0 Å². The molecule has 0 bridgehead atoms. The van der Waals surface area contributed by atoms with Crippen LogP contribution < -0.4 is 10.3 Å². The Morgan fingerprint density at radius 2 is 1.72 bits per heavy atom. The number of rotatable bonds is 6. The number of hydrogen-bond donors (Lipinski definition) is 0. The molecule has 2 heterocycles. The minimum atomic E-state index is -0.525. The third-order valence-corrected chi connectivity index (χ3v) is 6.00. The predicted molar refractivity (Wildman–Crippen MR) is 134 cm³/mol. The average molecular weight is 523 g/mol. The van der Waals surface area contributed by atoms with Gasteiger partial charge in [0.25, 0.3) is 17.0 Å². The van der Waals surface area contributed by atoms with Gasteiger partial charge in [-0.2, -0.15) is 19.3 Å². The molecule has 0 radical (unpaired) electrons. The monoisotopic (exact) mass is 522 g/mol. The van der Waals surface area contributed by atoms with Crippen LogP contribution in [-0.2, 0) is 6.42 Å². The molecule has 12 heteroatoms. The number of fused-ring (bicyclic) bond motifs is 1. The molecule has 0 aliphatic heterocycles. The maximum atomic E-state index is 13.0. The molecule has 0 aliphatic rings. The Labute approximate surface area is 213 Å². The van der Waals surface area contributed by atoms with E-state index in [1.54, 1.807) is 37.4 Å². The van der Waals surface area contributed by atoms with Gasteiger partial charge in [-0.3, -0.25) is 14.9 Å². The molecule has 0 unspecified atom stereocenters. The van der Waals surface area contributed by atoms with Crippen LogP contribution in [0, 0.1) is 10.1 Å². The molecule has 0 aliphatic carbocycles. The molecule has 0 saturated carbocycles. The molecule has 3 aromatic carbocycles. The van der Waals surface area contributed by atoms with E-state index in [0.29, 0.717) is 32.9 Å². The van der Waals surface area contributed by atoms with Gasteiger partial charge in [0.05, 0.1) is 22.7 Å². The Balaban J connectivity index is 1.69. The van der Waals surface area contributed by atoms with Crippen molar-refractivity contribution in [2.45, 2.75) is 6.42 Å². The summed E-state index contributed by atoms with van der Waals surface area (Å²) in [4.78, 5) is 27.8. The van der Waals surface area contributed by atoms with Crippen molar-refractivity contribution in [2.24, 2.45) is 0 Å². The van der Waals surface area contributed by atoms with Crippen LogP contribution in [0.5, 0.6) is 5.75 Å². The van der Waals surface area contributed by atoms with E-state index < -0.39 is 10.5 Å². The number of nitro benzene ring substituents is 1. The Kier molecular flexibility index (Phi) is 6.13. The molecule has 10 nitrogen and oxygen atoms in total. The summed E-state index contributed by atoms with van der Waals surface area (Å²) < 4.78 is 8.00. The van der Waals surface area contributed by atoms with Crippen molar-refractivity contribution in [1.82, 2.24) is 24.4 Å². The highest BCUT2D eigenvalue weighted by Gasteiger charge is 2.20. The van der Waals surface area contributed by atoms with E-state index in [1.807, 2.05) is 12.1 Å². The molecule has 36 heavy (non-hydrogen) atoms. The molecule has 2 aromatic heterocycles. The largest absolute Gasteiger partial charge is 0.497 e. The zero-order valence-corrected chi connectivity index (χ0v) is 20.1. The summed E-state index contributed by atoms with van der Waals surface area (Å²) in [6, 6.07) is 17.9. The van der Waals surface area contributed by atoms with Crippen molar-refractivity contribution in [2.75, 3.05) is 7.11 Å². The summed E-state index contributed by atoms with van der Waals surface area (Å²) >= 11 is 12.5. The second kappa shape index (κ2) is 9.40. The number of ether oxygens (including phenoxy) is 1. The van der Waals surface area contributed by atoms with E-state index in [1.165, 1.54) is 33.5 Å². The number of nitro groups is 1. The molecule has 0 atom stereocenters. The summed E-state index contributed by atoms with van der Waals surface area (Å²) in [5, 5.41) is 21.0. The van der Waals surface area contributed by atoms with Crippen molar-refractivity contribution >= 4 is 34.7 Å². The first kappa shape index (κ1) is 23.5. The summed E-state index contributed by atoms with van der Waals surface area (Å²) in [6.45, 7) is 0. The van der Waals surface area contributed by atoms with Crippen LogP contribution in [0.2, 0.25) is 10.0 Å². The number of halogens is 2. The van der Waals surface area contributed by atoms with Crippen LogP contribution in [-0.4, -0.2) is 36.4 Å². The highest BCUT2D eigenvalue weighted by molar-refractivity contribution is 6.36. The van der Waals surface area contributed by atoms with Crippen molar-refractivity contribution in [3.63, 3.8) is 0 Å². The van der Waals surface area contributed by atoms with E-state index in [4.69, 9.17) is 27.9 Å². The smallest absolute Gasteiger partial charge is 0.296 e. The number of hydrogen-bond acceptors (Lipinski definition) is 7. The van der Waals surface area contributed by atoms with E-state index in [0.717, 1.165) is 5.56 Å². The molecule has 0 saturated heterocycles. The number of benzene rings is 3. The molecule has 0 N–H and O–H groups in total. The SMILES string of the molecule is COc1ccc(Cc2nn3c(-c4ccc(Cl)cc4Cl)nn(-c4ccc([N+](=O)[O-])cc4)c3nc2=O)cc1. The van der Waals surface area contributed by atoms with Crippen molar-refractivity contribution in [1.29, 1.82) is 0 Å². The van der Waals surface area contributed by atoms with Crippen LogP contribution in [0.15, 0.2) is 71.5 Å². The summed E-state index contributed by atoms with van der Waals surface area (Å²) in [5.41, 5.74) is 1.40. The zero-order valence-electron chi connectivity index (χ0n) is 18.6. The summed E-state index contributed by atoms with van der Waals surface area (Å²) in [5.74, 6) is 1.13. The van der Waals surface area contributed by atoms with Crippen molar-refractivity contribution in [3.05, 3.63) is 109 Å². The number of aromatic nitrogens is 5. The Morgan fingerprint density at radius 1 is 1.00 bits per heavy atom. The van der Waals surface area contributed by atoms with Gasteiger partial charge in [0.1, 0.15) is 11.4 Å². The second-order valence-electron chi connectivity index (χ2n) is 7.73. The molecular formula is C24H16Cl2N6O4. The lowest BCUT2D eigenvalue weighted by Crippen LogP contribution is -2.20. The fourth-order valence-electron chi connectivity index (χ4n) is 3.65. The standard InChI is InChI=1S/C24H16Cl2N6O4/c1-36-18-9-2-14(3-10-18)12-21-23(33)27-24-30(16-5-7-17(8-6-16)32(34)35)29-22(31(24)28-21)19-11-4-15(25)13-20(19)26/h2-11,13H,12H2,1H3. The van der Waals surface area contributed by atoms with Gasteiger partial charge in [-0.05, 0) is 48.0 Å². The van der Waals surface area contributed by atoms with E-state index in [9.17, 15) is 14.9 Å². The number of non-ortho nitro benzene ring substituents is 1. The maximum Gasteiger partial charge on any atom is 0.296 e. The quantitative estimate of drug-likeness (QED) is 0.233. The van der Waals surface area contributed by atoms with E-state index in [2.05, 4.69) is 15.2 Å². The van der Waals surface area contributed by atoms with Gasteiger partial charge in [-0.25, -0.2) is 0 Å². The predicted octanol–water partition coefficient (Wildman–Crippen LogP) is 4.76. The third-order valence-electron chi connectivity index (χ3n) is 5.45. The fourth-order valence-corrected chi connectivity index (χ4v) is 4.14. The minimum Gasteiger partial charge on any atom is -0.497 e. The van der Waals surface area contributed by atoms with Gasteiger partial charge in [-0.15, -0.1) is 5.10 Å². The first-order chi connectivity index (χ1) is 17.3. The van der Waals surface area contributed by atoms with Gasteiger partial charge in [0.15, 0.2) is 5.82 Å². The first-order valence-corrected chi connectivity index (χ1v) is 11.3. The Morgan fingerprint density at radius 3 is 2.36 bits per heavy atom. The zero-order chi connectivity index (χ0) is 25.4. The van der Waals surface area contributed by atoms with Gasteiger partial charge < -0.3 is 4.74 Å². The normalized spacial score (nSPS) is 11.1. The summed E-state index contributed by atoms with van der Waals surface area (Å²) in [6.07, 6.45) is 0.231. The Bertz CT molecular complexity index is 1660. The van der Waals surface area contributed by atoms with Crippen molar-refractivity contribution in [3.8, 4) is 22.8 Å². The molecule has 180 valence electrons. The van der Waals surface area contributed by atoms with E-state index in [-0.39, 0.29) is 23.6 Å². The molecule has 0 amide bonds. The number of nitrogens with zero attached hydrogens (tertiary/aromatic N) is 6. The lowest BCUT2D eigenvalue weighted by Gasteiger charge is -2.05. The molecule has 0 spiro atoms. The lowest BCUT2D eigenvalue weighted by molar-refractivity contribution is -0.384. The highest BCUT2D eigenvalue weighted by Crippen LogP contribution is 2.30. The first-order valence-electron chi connectivity index (χ1n) is 10.6. The highest BCUT2D eigenvalue weighted by atomic mass is 35.5. The Hall–Kier alpha value is -4.28. The molecule has 5 aromatic rings. The van der Waals surface area contributed by atoms with Gasteiger partial charge >= 0.3 is 0 Å².